The van der Waals surface area contributed by atoms with Crippen molar-refractivity contribution in [3.8, 4) is 6.07 Å². The summed E-state index contributed by atoms with van der Waals surface area (Å²) in [6.07, 6.45) is 0. The second-order valence-electron chi connectivity index (χ2n) is 2.84. The maximum atomic E-state index is 11.1. The van der Waals surface area contributed by atoms with Crippen LogP contribution in [0.15, 0.2) is 18.2 Å². The Morgan fingerprint density at radius 3 is 2.57 bits per heavy atom. The molecule has 0 spiro atoms. The lowest BCUT2D eigenvalue weighted by molar-refractivity contribution is -0.117. The van der Waals surface area contributed by atoms with Gasteiger partial charge in [0.1, 0.15) is 5.92 Å². The third kappa shape index (κ3) is 2.25. The van der Waals surface area contributed by atoms with Gasteiger partial charge in [-0.2, -0.15) is 5.26 Å². The monoisotopic (exact) mass is 227 g/mol. The minimum atomic E-state index is -0.806. The van der Waals surface area contributed by atoms with Crippen LogP contribution in [0.3, 0.4) is 0 Å². The highest BCUT2D eigenvalue weighted by molar-refractivity contribution is 6.35. The molecule has 2 nitrogen and oxygen atoms in total. The standard InChI is InChI=1S/C10H7Cl2NO/c1-6(14)9(5-13)8-3-2-7(11)4-10(8)12/h2-4,9H,1H3. The van der Waals surface area contributed by atoms with E-state index in [0.717, 1.165) is 0 Å². The summed E-state index contributed by atoms with van der Waals surface area (Å²) in [4.78, 5) is 11.1. The molecule has 0 bridgehead atoms. The third-order valence-electron chi connectivity index (χ3n) is 1.81. The molecule has 1 rings (SSSR count). The van der Waals surface area contributed by atoms with Crippen molar-refractivity contribution < 1.29 is 4.79 Å². The molecule has 0 N–H and O–H groups in total. The van der Waals surface area contributed by atoms with Crippen molar-refractivity contribution in [2.75, 3.05) is 0 Å². The summed E-state index contributed by atoms with van der Waals surface area (Å²) >= 11 is 11.6. The first kappa shape index (κ1) is 11.0. The van der Waals surface area contributed by atoms with Crippen LogP contribution >= 0.6 is 23.2 Å². The second-order valence-corrected chi connectivity index (χ2v) is 3.68. The van der Waals surface area contributed by atoms with Gasteiger partial charge in [0.05, 0.1) is 6.07 Å². The van der Waals surface area contributed by atoms with Crippen molar-refractivity contribution >= 4 is 29.0 Å². The van der Waals surface area contributed by atoms with Crippen LogP contribution in [0.2, 0.25) is 10.0 Å². The van der Waals surface area contributed by atoms with Crippen LogP contribution < -0.4 is 0 Å². The predicted molar refractivity (Wildman–Crippen MR) is 55.5 cm³/mol. The van der Waals surface area contributed by atoms with Crippen LogP contribution in [0.1, 0.15) is 18.4 Å². The van der Waals surface area contributed by atoms with Crippen LogP contribution in [-0.4, -0.2) is 5.78 Å². The Morgan fingerprint density at radius 1 is 1.50 bits per heavy atom. The molecule has 0 amide bonds. The first-order valence-electron chi connectivity index (χ1n) is 3.91. The minimum absolute atomic E-state index is 0.225. The molecule has 0 saturated heterocycles. The Labute approximate surface area is 92.1 Å². The zero-order chi connectivity index (χ0) is 10.7. The lowest BCUT2D eigenvalue weighted by Gasteiger charge is -2.07. The number of Topliss-reactive ketones (excluding diaryl/α,β-unsaturated/α-hetero) is 1. The highest BCUT2D eigenvalue weighted by atomic mass is 35.5. The van der Waals surface area contributed by atoms with Gasteiger partial charge in [-0.3, -0.25) is 4.79 Å². The van der Waals surface area contributed by atoms with Crippen LogP contribution in [0, 0.1) is 11.3 Å². The fourth-order valence-corrected chi connectivity index (χ4v) is 1.63. The van der Waals surface area contributed by atoms with E-state index in [0.29, 0.717) is 15.6 Å². The molecule has 0 fully saturated rings. The van der Waals surface area contributed by atoms with E-state index in [1.54, 1.807) is 12.1 Å². The number of hydrogen-bond donors (Lipinski definition) is 0. The highest BCUT2D eigenvalue weighted by Gasteiger charge is 2.18. The number of nitriles is 1. The molecular weight excluding hydrogens is 221 g/mol. The lowest BCUT2D eigenvalue weighted by Crippen LogP contribution is -2.06. The van der Waals surface area contributed by atoms with Gasteiger partial charge in [-0.1, -0.05) is 29.3 Å². The van der Waals surface area contributed by atoms with Gasteiger partial charge in [0.2, 0.25) is 0 Å². The maximum absolute atomic E-state index is 11.1. The minimum Gasteiger partial charge on any atom is -0.298 e. The molecule has 1 aromatic rings. The smallest absolute Gasteiger partial charge is 0.151 e. The van der Waals surface area contributed by atoms with Crippen molar-refractivity contribution in [1.29, 1.82) is 5.26 Å². The molecule has 1 aromatic carbocycles. The van der Waals surface area contributed by atoms with Gasteiger partial charge < -0.3 is 0 Å². The number of ketones is 1. The lowest BCUT2D eigenvalue weighted by atomic mass is 9.97. The summed E-state index contributed by atoms with van der Waals surface area (Å²) in [6.45, 7) is 1.36. The Kier molecular flexibility index (Phi) is 3.51. The van der Waals surface area contributed by atoms with Gasteiger partial charge in [-0.15, -0.1) is 0 Å². The molecule has 0 aliphatic heterocycles. The number of hydrogen-bond acceptors (Lipinski definition) is 2. The summed E-state index contributed by atoms with van der Waals surface area (Å²) < 4.78 is 0. The quantitative estimate of drug-likeness (QED) is 0.779. The molecule has 0 saturated carbocycles. The first-order valence-corrected chi connectivity index (χ1v) is 4.67. The van der Waals surface area contributed by atoms with Gasteiger partial charge in [-0.25, -0.2) is 0 Å². The average molecular weight is 228 g/mol. The molecule has 72 valence electrons. The van der Waals surface area contributed by atoms with Crippen molar-refractivity contribution in [2.45, 2.75) is 12.8 Å². The van der Waals surface area contributed by atoms with E-state index in [1.165, 1.54) is 13.0 Å². The Balaban J connectivity index is 3.19. The van der Waals surface area contributed by atoms with E-state index in [2.05, 4.69) is 0 Å². The van der Waals surface area contributed by atoms with Gasteiger partial charge in [-0.05, 0) is 24.6 Å². The van der Waals surface area contributed by atoms with Crippen molar-refractivity contribution in [3.05, 3.63) is 33.8 Å². The van der Waals surface area contributed by atoms with E-state index in [1.807, 2.05) is 6.07 Å². The van der Waals surface area contributed by atoms with Crippen molar-refractivity contribution in [3.63, 3.8) is 0 Å². The Morgan fingerprint density at radius 2 is 2.14 bits per heavy atom. The number of benzene rings is 1. The van der Waals surface area contributed by atoms with Crippen LogP contribution in [0.5, 0.6) is 0 Å². The fourth-order valence-electron chi connectivity index (χ4n) is 1.12. The third-order valence-corrected chi connectivity index (χ3v) is 2.37. The van der Waals surface area contributed by atoms with E-state index in [4.69, 9.17) is 28.5 Å². The van der Waals surface area contributed by atoms with E-state index < -0.39 is 5.92 Å². The number of halogens is 2. The van der Waals surface area contributed by atoms with Gasteiger partial charge in [0.15, 0.2) is 5.78 Å². The van der Waals surface area contributed by atoms with Gasteiger partial charge in [0.25, 0.3) is 0 Å². The summed E-state index contributed by atoms with van der Waals surface area (Å²) in [5.74, 6) is -1.03. The van der Waals surface area contributed by atoms with E-state index in [-0.39, 0.29) is 5.78 Å². The van der Waals surface area contributed by atoms with Crippen molar-refractivity contribution in [1.82, 2.24) is 0 Å². The van der Waals surface area contributed by atoms with Gasteiger partial charge >= 0.3 is 0 Å². The number of carbonyl (C=O) groups is 1. The predicted octanol–water partition coefficient (Wildman–Crippen LogP) is 3.19. The largest absolute Gasteiger partial charge is 0.298 e. The Bertz CT molecular complexity index is 409. The SMILES string of the molecule is CC(=O)C(C#N)c1ccc(Cl)cc1Cl. The number of nitrogens with zero attached hydrogens (tertiary/aromatic N) is 1. The average Bonchev–Trinajstić information content (AvgIpc) is 2.09. The second kappa shape index (κ2) is 4.45. The van der Waals surface area contributed by atoms with E-state index in [9.17, 15) is 4.79 Å². The van der Waals surface area contributed by atoms with E-state index >= 15 is 0 Å². The summed E-state index contributed by atoms with van der Waals surface area (Å²) in [5, 5.41) is 9.61. The molecule has 0 aromatic heterocycles. The molecular formula is C10H7Cl2NO. The topological polar surface area (TPSA) is 40.9 Å². The van der Waals surface area contributed by atoms with Gasteiger partial charge in [0, 0.05) is 10.0 Å². The van der Waals surface area contributed by atoms with Crippen molar-refractivity contribution in [2.24, 2.45) is 0 Å². The van der Waals surface area contributed by atoms with Crippen LogP contribution in [-0.2, 0) is 4.79 Å². The molecule has 4 heteroatoms. The zero-order valence-corrected chi connectivity index (χ0v) is 8.93. The summed E-state index contributed by atoms with van der Waals surface area (Å²) in [7, 11) is 0. The number of rotatable bonds is 2. The molecule has 14 heavy (non-hydrogen) atoms. The first-order chi connectivity index (χ1) is 6.56. The summed E-state index contributed by atoms with van der Waals surface area (Å²) in [6, 6.07) is 6.62. The fraction of sp³-hybridized carbons (Fsp3) is 0.200. The molecule has 0 radical (unpaired) electrons. The molecule has 0 aliphatic carbocycles. The highest BCUT2D eigenvalue weighted by Crippen LogP contribution is 2.27. The number of carbonyl (C=O) groups excluding carboxylic acids is 1. The maximum Gasteiger partial charge on any atom is 0.151 e. The molecule has 1 unspecified atom stereocenters. The molecule has 1 atom stereocenters. The summed E-state index contributed by atoms with van der Waals surface area (Å²) in [5.41, 5.74) is 0.506. The van der Waals surface area contributed by atoms with Crippen LogP contribution in [0.25, 0.3) is 0 Å². The zero-order valence-electron chi connectivity index (χ0n) is 7.42. The Hall–Kier alpha value is -1.04. The molecule has 0 heterocycles. The normalized spacial score (nSPS) is 11.9. The molecule has 0 aliphatic rings. The van der Waals surface area contributed by atoms with Crippen LogP contribution in [0.4, 0.5) is 0 Å².